The first-order valence-corrected chi connectivity index (χ1v) is 9.28. The second-order valence-electron chi connectivity index (χ2n) is 7.14. The molecule has 0 bridgehead atoms. The van der Waals surface area contributed by atoms with Crippen molar-refractivity contribution in [1.29, 1.82) is 0 Å². The van der Waals surface area contributed by atoms with Crippen molar-refractivity contribution in [1.82, 2.24) is 14.7 Å². The van der Waals surface area contributed by atoms with Gasteiger partial charge in [-0.2, -0.15) is 5.10 Å². The number of rotatable bonds is 4. The Bertz CT molecular complexity index is 804. The number of hydrogen-bond donors (Lipinski definition) is 0. The van der Waals surface area contributed by atoms with Crippen LogP contribution >= 0.6 is 15.9 Å². The van der Waals surface area contributed by atoms with Crippen LogP contribution in [0.1, 0.15) is 47.2 Å². The van der Waals surface area contributed by atoms with Gasteiger partial charge in [-0.05, 0) is 61.7 Å². The van der Waals surface area contributed by atoms with Gasteiger partial charge in [-0.25, -0.2) is 9.07 Å². The number of aliphatic imine (C=N–C) groups is 1. The molecule has 0 saturated heterocycles. The molecule has 3 rings (SSSR count). The Hall–Kier alpha value is -1.63. The molecule has 2 aliphatic rings. The Kier molecular flexibility index (Phi) is 4.56. The molecule has 0 N–H and O–H groups in total. The van der Waals surface area contributed by atoms with Crippen LogP contribution in [0.4, 0.5) is 4.39 Å². The molecule has 1 unspecified atom stereocenters. The zero-order valence-corrected chi connectivity index (χ0v) is 17.1. The SMILES string of the molecule is CCn1nc(C2=C(C)C=C(C)C3=NC(C)(C)CN32)c(Br)c1OC(C)F. The predicted molar refractivity (Wildman–Crippen MR) is 101 cm³/mol. The normalized spacial score (nSPS) is 20.4. The molecule has 25 heavy (non-hydrogen) atoms. The lowest BCUT2D eigenvalue weighted by Gasteiger charge is -2.29. The Morgan fingerprint density at radius 1 is 1.40 bits per heavy atom. The quantitative estimate of drug-likeness (QED) is 0.731. The maximum Gasteiger partial charge on any atom is 0.237 e. The highest BCUT2D eigenvalue weighted by Gasteiger charge is 2.38. The summed E-state index contributed by atoms with van der Waals surface area (Å²) in [6, 6.07) is 0. The zero-order chi connectivity index (χ0) is 18.5. The Labute approximate surface area is 156 Å². The minimum absolute atomic E-state index is 0.160. The summed E-state index contributed by atoms with van der Waals surface area (Å²) in [7, 11) is 0. The summed E-state index contributed by atoms with van der Waals surface area (Å²) < 4.78 is 21.1. The van der Waals surface area contributed by atoms with E-state index in [9.17, 15) is 4.39 Å². The molecule has 0 radical (unpaired) electrons. The largest absolute Gasteiger partial charge is 0.443 e. The highest BCUT2D eigenvalue weighted by molar-refractivity contribution is 9.10. The van der Waals surface area contributed by atoms with Crippen LogP contribution in [-0.4, -0.2) is 39.0 Å². The van der Waals surface area contributed by atoms with E-state index in [0.717, 1.165) is 34.9 Å². The fraction of sp³-hybridized carbons (Fsp3) is 0.556. The lowest BCUT2D eigenvalue weighted by atomic mass is 10.0. The van der Waals surface area contributed by atoms with E-state index in [0.29, 0.717) is 16.9 Å². The molecule has 0 aliphatic carbocycles. The number of alkyl halides is 1. The van der Waals surface area contributed by atoms with Gasteiger partial charge < -0.3 is 9.64 Å². The fourth-order valence-corrected chi connectivity index (χ4v) is 3.94. The Morgan fingerprint density at radius 3 is 2.68 bits per heavy atom. The number of hydrogen-bond acceptors (Lipinski definition) is 4. The van der Waals surface area contributed by atoms with E-state index in [4.69, 9.17) is 9.73 Å². The van der Waals surface area contributed by atoms with Crippen LogP contribution in [0.5, 0.6) is 5.88 Å². The number of nitrogens with zero attached hydrogens (tertiary/aromatic N) is 4. The van der Waals surface area contributed by atoms with Gasteiger partial charge in [0.1, 0.15) is 16.0 Å². The van der Waals surface area contributed by atoms with Crippen molar-refractivity contribution in [3.8, 4) is 5.88 Å². The topological polar surface area (TPSA) is 42.7 Å². The maximum atomic E-state index is 13.4. The van der Waals surface area contributed by atoms with E-state index in [1.54, 1.807) is 4.68 Å². The molecule has 136 valence electrons. The summed E-state index contributed by atoms with van der Waals surface area (Å²) in [6.45, 7) is 13.1. The zero-order valence-electron chi connectivity index (χ0n) is 15.5. The molecule has 0 fully saturated rings. The summed E-state index contributed by atoms with van der Waals surface area (Å²) >= 11 is 3.58. The van der Waals surface area contributed by atoms with Crippen molar-refractivity contribution in [3.63, 3.8) is 0 Å². The minimum atomic E-state index is -1.41. The monoisotopic (exact) mass is 410 g/mol. The molecule has 0 saturated carbocycles. The van der Waals surface area contributed by atoms with Gasteiger partial charge in [0, 0.05) is 20.0 Å². The fourth-order valence-electron chi connectivity index (χ4n) is 3.37. The van der Waals surface area contributed by atoms with Crippen LogP contribution in [0, 0.1) is 0 Å². The number of fused-ring (bicyclic) bond motifs is 1. The van der Waals surface area contributed by atoms with Crippen molar-refractivity contribution in [2.24, 2.45) is 4.99 Å². The van der Waals surface area contributed by atoms with Crippen LogP contribution in [0.2, 0.25) is 0 Å². The molecule has 1 aromatic heterocycles. The highest BCUT2D eigenvalue weighted by Crippen LogP contribution is 2.41. The molecular formula is C18H24BrFN4O. The molecule has 5 nitrogen and oxygen atoms in total. The summed E-state index contributed by atoms with van der Waals surface area (Å²) in [5.74, 6) is 1.39. The number of aromatic nitrogens is 2. The number of ether oxygens (including phenoxy) is 1. The molecule has 0 amide bonds. The Morgan fingerprint density at radius 2 is 2.08 bits per heavy atom. The summed E-state index contributed by atoms with van der Waals surface area (Å²) in [5, 5.41) is 4.68. The van der Waals surface area contributed by atoms with E-state index < -0.39 is 6.36 Å². The van der Waals surface area contributed by atoms with E-state index in [1.165, 1.54) is 6.92 Å². The standard InChI is InChI=1S/C18H24BrFN4O/c1-7-24-17(25-12(4)20)13(19)14(22-24)15-10(2)8-11(3)16-21-18(5,6)9-23(15)16/h8,12H,7,9H2,1-6H3. The smallest absolute Gasteiger partial charge is 0.237 e. The summed E-state index contributed by atoms with van der Waals surface area (Å²) in [5.41, 5.74) is 3.84. The molecule has 1 aromatic rings. The van der Waals surface area contributed by atoms with Crippen molar-refractivity contribution in [3.05, 3.63) is 27.4 Å². The molecule has 2 aliphatic heterocycles. The van der Waals surface area contributed by atoms with Gasteiger partial charge in [-0.3, -0.25) is 4.99 Å². The van der Waals surface area contributed by atoms with Crippen LogP contribution in [0.15, 0.2) is 26.7 Å². The van der Waals surface area contributed by atoms with Crippen LogP contribution in [0.3, 0.4) is 0 Å². The molecule has 3 heterocycles. The number of amidine groups is 1. The number of aryl methyl sites for hydroxylation is 1. The van der Waals surface area contributed by atoms with Crippen LogP contribution in [0.25, 0.3) is 5.70 Å². The summed E-state index contributed by atoms with van der Waals surface area (Å²) in [6.07, 6.45) is 0.722. The number of halogens is 2. The van der Waals surface area contributed by atoms with Gasteiger partial charge in [0.05, 0.1) is 11.2 Å². The van der Waals surface area contributed by atoms with Crippen molar-refractivity contribution in [2.45, 2.75) is 60.0 Å². The van der Waals surface area contributed by atoms with Crippen LogP contribution < -0.4 is 4.74 Å². The van der Waals surface area contributed by atoms with Gasteiger partial charge in [0.15, 0.2) is 0 Å². The van der Waals surface area contributed by atoms with Gasteiger partial charge in [-0.15, -0.1) is 0 Å². The van der Waals surface area contributed by atoms with Crippen molar-refractivity contribution < 1.29 is 9.13 Å². The minimum Gasteiger partial charge on any atom is -0.443 e. The van der Waals surface area contributed by atoms with E-state index in [2.05, 4.69) is 59.7 Å². The van der Waals surface area contributed by atoms with Crippen molar-refractivity contribution in [2.75, 3.05) is 6.54 Å². The first kappa shape index (κ1) is 18.2. The molecule has 7 heteroatoms. The van der Waals surface area contributed by atoms with Crippen LogP contribution in [-0.2, 0) is 6.54 Å². The third-order valence-electron chi connectivity index (χ3n) is 4.29. The summed E-state index contributed by atoms with van der Waals surface area (Å²) in [4.78, 5) is 7.07. The molecule has 0 aromatic carbocycles. The van der Waals surface area contributed by atoms with Crippen molar-refractivity contribution >= 4 is 27.5 Å². The number of allylic oxidation sites excluding steroid dienone is 2. The predicted octanol–water partition coefficient (Wildman–Crippen LogP) is 4.54. The third-order valence-corrected chi connectivity index (χ3v) is 5.00. The lowest BCUT2D eigenvalue weighted by molar-refractivity contribution is 0.0743. The maximum absolute atomic E-state index is 13.4. The van der Waals surface area contributed by atoms with Gasteiger partial charge in [0.2, 0.25) is 12.2 Å². The first-order chi connectivity index (χ1) is 11.6. The van der Waals surface area contributed by atoms with E-state index in [-0.39, 0.29) is 5.54 Å². The van der Waals surface area contributed by atoms with Gasteiger partial charge >= 0.3 is 0 Å². The first-order valence-electron chi connectivity index (χ1n) is 8.49. The Balaban J connectivity index is 2.14. The second kappa shape index (κ2) is 6.27. The highest BCUT2D eigenvalue weighted by atomic mass is 79.9. The second-order valence-corrected chi connectivity index (χ2v) is 7.93. The van der Waals surface area contributed by atoms with Gasteiger partial charge in [0.25, 0.3) is 0 Å². The average Bonchev–Trinajstić information content (AvgIpc) is 2.97. The average molecular weight is 411 g/mol. The van der Waals surface area contributed by atoms with Gasteiger partial charge in [-0.1, -0.05) is 6.08 Å². The molecule has 0 spiro atoms. The molecular weight excluding hydrogens is 387 g/mol. The third kappa shape index (κ3) is 3.14. The van der Waals surface area contributed by atoms with E-state index in [1.807, 2.05) is 6.92 Å². The lowest BCUT2D eigenvalue weighted by Crippen LogP contribution is -2.34. The molecule has 1 atom stereocenters. The van der Waals surface area contributed by atoms with E-state index >= 15 is 0 Å².